The van der Waals surface area contributed by atoms with E-state index in [1.165, 1.54) is 0 Å². The molecule has 0 unspecified atom stereocenters. The van der Waals surface area contributed by atoms with Crippen molar-refractivity contribution in [3.63, 3.8) is 0 Å². The average molecular weight is 262 g/mol. The highest BCUT2D eigenvalue weighted by atomic mass is 16.2. The molecule has 0 aliphatic rings. The maximum absolute atomic E-state index is 12.1. The van der Waals surface area contributed by atoms with E-state index in [-0.39, 0.29) is 24.9 Å². The van der Waals surface area contributed by atoms with E-state index < -0.39 is 0 Å². The van der Waals surface area contributed by atoms with Crippen LogP contribution in [-0.4, -0.2) is 38.5 Å². The van der Waals surface area contributed by atoms with E-state index in [4.69, 9.17) is 0 Å². The minimum Gasteiger partial charge on any atom is -0.354 e. The van der Waals surface area contributed by atoms with Gasteiger partial charge in [0.25, 0.3) is 11.8 Å². The van der Waals surface area contributed by atoms with Crippen LogP contribution in [0, 0.1) is 0 Å². The first-order valence-corrected chi connectivity index (χ1v) is 6.17. The lowest BCUT2D eigenvalue weighted by Crippen LogP contribution is -2.88. The molecule has 0 aromatic heterocycles. The Morgan fingerprint density at radius 2 is 2.00 bits per heavy atom. The lowest BCUT2D eigenvalue weighted by Gasteiger charge is -2.20. The summed E-state index contributed by atoms with van der Waals surface area (Å²) in [6.07, 6.45) is 1.68. The highest BCUT2D eigenvalue weighted by Gasteiger charge is 2.16. The van der Waals surface area contributed by atoms with Crippen LogP contribution in [0.2, 0.25) is 0 Å². The van der Waals surface area contributed by atoms with Gasteiger partial charge in [0.15, 0.2) is 13.1 Å². The first kappa shape index (κ1) is 14.9. The predicted molar refractivity (Wildman–Crippen MR) is 74.7 cm³/mol. The molecule has 0 saturated carbocycles. The minimum atomic E-state index is -0.0946. The van der Waals surface area contributed by atoms with Gasteiger partial charge in [0.1, 0.15) is 0 Å². The Bertz CT molecular complexity index is 432. The van der Waals surface area contributed by atoms with Gasteiger partial charge in [-0.1, -0.05) is 24.3 Å². The molecule has 1 aromatic rings. The van der Waals surface area contributed by atoms with Crippen molar-refractivity contribution in [1.82, 2.24) is 5.32 Å². The highest BCUT2D eigenvalue weighted by molar-refractivity contribution is 5.94. The van der Waals surface area contributed by atoms with Gasteiger partial charge in [-0.15, -0.1) is 6.58 Å². The van der Waals surface area contributed by atoms with E-state index >= 15 is 0 Å². The van der Waals surface area contributed by atoms with Crippen LogP contribution in [0.1, 0.15) is 0 Å². The Labute approximate surface area is 113 Å². The van der Waals surface area contributed by atoms with Crippen LogP contribution in [-0.2, 0) is 9.59 Å². The SMILES string of the molecule is C=CCN(C(=O)C[NH2+]CC(=O)NC)c1ccccc1. The van der Waals surface area contributed by atoms with Gasteiger partial charge >= 0.3 is 0 Å². The van der Waals surface area contributed by atoms with E-state index in [2.05, 4.69) is 11.9 Å². The van der Waals surface area contributed by atoms with Crippen LogP contribution in [0.5, 0.6) is 0 Å². The number of rotatable bonds is 7. The van der Waals surface area contributed by atoms with Crippen molar-refractivity contribution in [2.45, 2.75) is 0 Å². The lowest BCUT2D eigenvalue weighted by atomic mass is 10.2. The summed E-state index contributed by atoms with van der Waals surface area (Å²) in [7, 11) is 1.58. The molecule has 2 amide bonds. The second-order valence-electron chi connectivity index (χ2n) is 4.00. The van der Waals surface area contributed by atoms with Crippen LogP contribution in [0.15, 0.2) is 43.0 Å². The fraction of sp³-hybridized carbons (Fsp3) is 0.286. The number of para-hydroxylation sites is 1. The van der Waals surface area contributed by atoms with Crippen molar-refractivity contribution in [1.29, 1.82) is 0 Å². The van der Waals surface area contributed by atoms with Gasteiger partial charge in [0, 0.05) is 19.3 Å². The van der Waals surface area contributed by atoms with Crippen molar-refractivity contribution in [2.75, 3.05) is 31.6 Å². The number of carbonyl (C=O) groups is 2. The average Bonchev–Trinajstić information content (AvgIpc) is 2.45. The number of hydrogen-bond acceptors (Lipinski definition) is 2. The molecule has 0 spiro atoms. The first-order valence-electron chi connectivity index (χ1n) is 6.17. The van der Waals surface area contributed by atoms with E-state index in [0.29, 0.717) is 6.54 Å². The fourth-order valence-electron chi connectivity index (χ4n) is 1.63. The molecular weight excluding hydrogens is 242 g/mol. The molecule has 0 atom stereocenters. The summed E-state index contributed by atoms with van der Waals surface area (Å²) in [5.41, 5.74) is 0.834. The topological polar surface area (TPSA) is 66.0 Å². The van der Waals surface area contributed by atoms with Gasteiger partial charge in [-0.3, -0.25) is 9.59 Å². The van der Waals surface area contributed by atoms with Gasteiger partial charge < -0.3 is 15.5 Å². The summed E-state index contributed by atoms with van der Waals surface area (Å²) in [6, 6.07) is 9.41. The Morgan fingerprint density at radius 1 is 1.32 bits per heavy atom. The zero-order chi connectivity index (χ0) is 14.1. The zero-order valence-corrected chi connectivity index (χ0v) is 11.1. The maximum Gasteiger partial charge on any atom is 0.282 e. The summed E-state index contributed by atoms with van der Waals surface area (Å²) in [6.45, 7) is 4.60. The second kappa shape index (κ2) is 8.05. The van der Waals surface area contributed by atoms with Gasteiger partial charge in [-0.05, 0) is 12.1 Å². The number of amides is 2. The van der Waals surface area contributed by atoms with Crippen molar-refractivity contribution >= 4 is 17.5 Å². The molecule has 102 valence electrons. The van der Waals surface area contributed by atoms with E-state index in [9.17, 15) is 9.59 Å². The number of carbonyl (C=O) groups excluding carboxylic acids is 2. The van der Waals surface area contributed by atoms with Crippen LogP contribution in [0.25, 0.3) is 0 Å². The predicted octanol–water partition coefficient (Wildman–Crippen LogP) is -0.485. The number of nitrogens with one attached hydrogen (secondary N) is 1. The number of quaternary nitrogens is 1. The van der Waals surface area contributed by atoms with Gasteiger partial charge in [0.05, 0.1) is 0 Å². The smallest absolute Gasteiger partial charge is 0.282 e. The summed E-state index contributed by atoms with van der Waals surface area (Å²) in [4.78, 5) is 24.8. The molecule has 0 saturated heterocycles. The summed E-state index contributed by atoms with van der Waals surface area (Å²) in [5.74, 6) is -0.141. The molecule has 19 heavy (non-hydrogen) atoms. The molecule has 1 rings (SSSR count). The summed E-state index contributed by atoms with van der Waals surface area (Å²) in [5, 5.41) is 4.19. The molecule has 0 aliphatic carbocycles. The zero-order valence-electron chi connectivity index (χ0n) is 11.1. The molecule has 3 N–H and O–H groups in total. The monoisotopic (exact) mass is 262 g/mol. The van der Waals surface area contributed by atoms with Crippen molar-refractivity contribution < 1.29 is 14.9 Å². The quantitative estimate of drug-likeness (QED) is 0.652. The van der Waals surface area contributed by atoms with Crippen molar-refractivity contribution in [3.8, 4) is 0 Å². The van der Waals surface area contributed by atoms with E-state index in [1.807, 2.05) is 30.3 Å². The molecule has 0 radical (unpaired) electrons. The number of nitrogens with two attached hydrogens (primary N) is 1. The molecule has 0 heterocycles. The van der Waals surface area contributed by atoms with Crippen molar-refractivity contribution in [2.24, 2.45) is 0 Å². The maximum atomic E-state index is 12.1. The molecule has 0 aliphatic heterocycles. The summed E-state index contributed by atoms with van der Waals surface area (Å²) >= 11 is 0. The lowest BCUT2D eigenvalue weighted by molar-refractivity contribution is -0.632. The van der Waals surface area contributed by atoms with E-state index in [1.54, 1.807) is 23.3 Å². The van der Waals surface area contributed by atoms with Crippen LogP contribution >= 0.6 is 0 Å². The Hall–Kier alpha value is -2.14. The van der Waals surface area contributed by atoms with Crippen LogP contribution in [0.3, 0.4) is 0 Å². The third-order valence-corrected chi connectivity index (χ3v) is 2.61. The third-order valence-electron chi connectivity index (χ3n) is 2.61. The van der Waals surface area contributed by atoms with Crippen LogP contribution in [0.4, 0.5) is 5.69 Å². The number of nitrogens with zero attached hydrogens (tertiary/aromatic N) is 1. The van der Waals surface area contributed by atoms with E-state index in [0.717, 1.165) is 5.69 Å². The Kier molecular flexibility index (Phi) is 6.32. The molecule has 5 heteroatoms. The number of anilines is 1. The number of hydrogen-bond donors (Lipinski definition) is 2. The number of likely N-dealkylation sites (N-methyl/N-ethyl adjacent to an activating group) is 1. The highest BCUT2D eigenvalue weighted by Crippen LogP contribution is 2.12. The van der Waals surface area contributed by atoms with Crippen LogP contribution < -0.4 is 15.5 Å². The molecular formula is C14H20N3O2+. The van der Waals surface area contributed by atoms with Gasteiger partial charge in [-0.25, -0.2) is 0 Å². The molecule has 1 aromatic carbocycles. The van der Waals surface area contributed by atoms with Crippen molar-refractivity contribution in [3.05, 3.63) is 43.0 Å². The Balaban J connectivity index is 2.59. The molecule has 5 nitrogen and oxygen atoms in total. The third kappa shape index (κ3) is 4.93. The fourth-order valence-corrected chi connectivity index (χ4v) is 1.63. The second-order valence-corrected chi connectivity index (χ2v) is 4.00. The molecule has 0 fully saturated rings. The normalized spacial score (nSPS) is 9.74. The first-order chi connectivity index (χ1) is 9.19. The van der Waals surface area contributed by atoms with Gasteiger partial charge in [0.2, 0.25) is 0 Å². The standard InChI is InChI=1S/C14H19N3O2/c1-3-9-17(12-7-5-4-6-8-12)14(19)11-16-10-13(18)15-2/h3-8,16H,1,9-11H2,2H3,(H,15,18)/p+1. The minimum absolute atomic E-state index is 0.0463. The Morgan fingerprint density at radius 3 is 2.58 bits per heavy atom. The molecule has 0 bridgehead atoms. The largest absolute Gasteiger partial charge is 0.354 e. The van der Waals surface area contributed by atoms with Gasteiger partial charge in [-0.2, -0.15) is 0 Å². The number of benzene rings is 1. The summed E-state index contributed by atoms with van der Waals surface area (Å²) < 4.78 is 0.